The summed E-state index contributed by atoms with van der Waals surface area (Å²) in [5, 5.41) is 13.4. The Morgan fingerprint density at radius 2 is 2.11 bits per heavy atom. The minimum absolute atomic E-state index is 0. The van der Waals surface area contributed by atoms with E-state index in [1.54, 1.807) is 7.11 Å². The third-order valence-corrected chi connectivity index (χ3v) is 5.95. The monoisotopic (exact) mass is 520 g/mol. The molecule has 154 valence electrons. The lowest BCUT2D eigenvalue weighted by atomic mass is 10.2. The van der Waals surface area contributed by atoms with E-state index in [-0.39, 0.29) is 41.5 Å². The molecule has 3 N–H and O–H groups in total. The van der Waals surface area contributed by atoms with Crippen LogP contribution in [0.15, 0.2) is 29.3 Å². The van der Waals surface area contributed by atoms with Gasteiger partial charge in [0, 0.05) is 18.2 Å². The molecule has 0 aliphatic carbocycles. The Morgan fingerprint density at radius 1 is 1.36 bits per heavy atom. The normalized spacial score (nSPS) is 18.4. The average Bonchev–Trinajstić information content (AvgIpc) is 3.26. The van der Waals surface area contributed by atoms with Gasteiger partial charge in [0.15, 0.2) is 21.6 Å². The topological polar surface area (TPSA) is 121 Å². The summed E-state index contributed by atoms with van der Waals surface area (Å²) in [6.45, 7) is 2.94. The Bertz CT molecular complexity index is 898. The van der Waals surface area contributed by atoms with Gasteiger partial charge in [-0.25, -0.2) is 18.4 Å². The first-order chi connectivity index (χ1) is 13.0. The van der Waals surface area contributed by atoms with Crippen molar-refractivity contribution in [2.45, 2.75) is 25.9 Å². The molecule has 0 amide bonds. The number of methoxy groups -OCH3 is 1. The van der Waals surface area contributed by atoms with Crippen molar-refractivity contribution < 1.29 is 13.2 Å². The molecular formula is C17H25IN6O3S. The molecule has 1 aliphatic heterocycles. The maximum atomic E-state index is 11.6. The number of nitrogens with one attached hydrogen (secondary N) is 3. The summed E-state index contributed by atoms with van der Waals surface area (Å²) in [4.78, 5) is 8.93. The molecule has 1 saturated heterocycles. The average molecular weight is 520 g/mol. The summed E-state index contributed by atoms with van der Waals surface area (Å²) in [5.74, 6) is 2.91. The predicted octanol–water partition coefficient (Wildman–Crippen LogP) is 1.34. The molecule has 11 heteroatoms. The van der Waals surface area contributed by atoms with Crippen LogP contribution < -0.4 is 15.4 Å². The lowest BCUT2D eigenvalue weighted by molar-refractivity contribution is 0.415. The van der Waals surface area contributed by atoms with Crippen LogP contribution in [0.5, 0.6) is 5.75 Å². The van der Waals surface area contributed by atoms with Crippen LogP contribution in [0.3, 0.4) is 0 Å². The zero-order chi connectivity index (χ0) is 19.3. The van der Waals surface area contributed by atoms with E-state index in [1.807, 2.05) is 31.2 Å². The Labute approximate surface area is 181 Å². The van der Waals surface area contributed by atoms with Crippen LogP contribution in [-0.4, -0.2) is 60.8 Å². The van der Waals surface area contributed by atoms with Crippen LogP contribution in [0, 0.1) is 0 Å². The fourth-order valence-corrected chi connectivity index (χ4v) is 4.48. The van der Waals surface area contributed by atoms with Gasteiger partial charge in [-0.1, -0.05) is 0 Å². The summed E-state index contributed by atoms with van der Waals surface area (Å²) in [6.07, 6.45) is 0.594. The number of aromatic nitrogens is 3. The van der Waals surface area contributed by atoms with Gasteiger partial charge in [0.2, 0.25) is 0 Å². The van der Waals surface area contributed by atoms with Gasteiger partial charge in [-0.3, -0.25) is 5.10 Å². The van der Waals surface area contributed by atoms with Crippen molar-refractivity contribution in [3.8, 4) is 17.1 Å². The predicted molar refractivity (Wildman–Crippen MR) is 119 cm³/mol. The van der Waals surface area contributed by atoms with Crippen LogP contribution in [0.4, 0.5) is 0 Å². The van der Waals surface area contributed by atoms with Gasteiger partial charge in [-0.2, -0.15) is 5.10 Å². The third-order valence-electron chi connectivity index (χ3n) is 4.18. The maximum Gasteiger partial charge on any atom is 0.191 e. The lowest BCUT2D eigenvalue weighted by Gasteiger charge is -2.15. The molecular weight excluding hydrogens is 495 g/mol. The van der Waals surface area contributed by atoms with Gasteiger partial charge < -0.3 is 15.4 Å². The van der Waals surface area contributed by atoms with Crippen molar-refractivity contribution in [2.24, 2.45) is 4.99 Å². The van der Waals surface area contributed by atoms with Crippen LogP contribution in [-0.2, 0) is 16.4 Å². The van der Waals surface area contributed by atoms with Gasteiger partial charge in [0.25, 0.3) is 0 Å². The summed E-state index contributed by atoms with van der Waals surface area (Å²) >= 11 is 0. The molecule has 0 saturated carbocycles. The summed E-state index contributed by atoms with van der Waals surface area (Å²) in [5.41, 5.74) is 0.878. The maximum absolute atomic E-state index is 11.6. The van der Waals surface area contributed by atoms with Gasteiger partial charge in [0.05, 0.1) is 18.6 Å². The standard InChI is InChI=1S/C17H24N6O3S.HI/c1-3-18-17(20-13-8-9-27(24,25)11-13)19-10-15-21-16(23-22-15)12-4-6-14(26-2)7-5-12;/h4-7,13H,3,8-11H2,1-2H3,(H2,18,19,20)(H,21,22,23);1H. The molecule has 0 bridgehead atoms. The van der Waals surface area contributed by atoms with E-state index in [1.165, 1.54) is 0 Å². The molecule has 1 aromatic heterocycles. The van der Waals surface area contributed by atoms with Crippen molar-refractivity contribution in [3.05, 3.63) is 30.1 Å². The molecule has 0 spiro atoms. The van der Waals surface area contributed by atoms with Crippen LogP contribution in [0.25, 0.3) is 11.4 Å². The SMILES string of the molecule is CCNC(=NCc1nc(-c2ccc(OC)cc2)n[nH]1)NC1CCS(=O)(=O)C1.I. The van der Waals surface area contributed by atoms with E-state index < -0.39 is 9.84 Å². The number of nitrogens with zero attached hydrogens (tertiary/aromatic N) is 3. The number of rotatable bonds is 6. The molecule has 1 unspecified atom stereocenters. The van der Waals surface area contributed by atoms with E-state index in [9.17, 15) is 8.42 Å². The number of H-pyrrole nitrogens is 1. The molecule has 0 radical (unpaired) electrons. The van der Waals surface area contributed by atoms with Crippen molar-refractivity contribution in [2.75, 3.05) is 25.2 Å². The highest BCUT2D eigenvalue weighted by molar-refractivity contribution is 14.0. The Hall–Kier alpha value is -1.89. The molecule has 3 rings (SSSR count). The van der Waals surface area contributed by atoms with Crippen molar-refractivity contribution >= 4 is 39.8 Å². The zero-order valence-electron chi connectivity index (χ0n) is 15.8. The lowest BCUT2D eigenvalue weighted by Crippen LogP contribution is -2.44. The van der Waals surface area contributed by atoms with E-state index >= 15 is 0 Å². The van der Waals surface area contributed by atoms with Gasteiger partial charge in [0.1, 0.15) is 18.1 Å². The summed E-state index contributed by atoms with van der Waals surface area (Å²) in [6, 6.07) is 7.37. The fourth-order valence-electron chi connectivity index (χ4n) is 2.81. The molecule has 1 aliphatic rings. The number of benzene rings is 1. The molecule has 1 aromatic carbocycles. The number of halogens is 1. The quantitative estimate of drug-likeness (QED) is 0.299. The third kappa shape index (κ3) is 6.06. The summed E-state index contributed by atoms with van der Waals surface area (Å²) in [7, 11) is -1.32. The van der Waals surface area contributed by atoms with Crippen molar-refractivity contribution in [3.63, 3.8) is 0 Å². The van der Waals surface area contributed by atoms with Gasteiger partial charge in [-0.05, 0) is 37.6 Å². The number of ether oxygens (including phenoxy) is 1. The highest BCUT2D eigenvalue weighted by Crippen LogP contribution is 2.19. The minimum Gasteiger partial charge on any atom is -0.497 e. The smallest absolute Gasteiger partial charge is 0.191 e. The first-order valence-electron chi connectivity index (χ1n) is 8.80. The minimum atomic E-state index is -2.94. The highest BCUT2D eigenvalue weighted by atomic mass is 127. The number of hydrogen-bond donors (Lipinski definition) is 3. The molecule has 2 heterocycles. The molecule has 1 fully saturated rings. The van der Waals surface area contributed by atoms with E-state index in [0.29, 0.717) is 37.1 Å². The fraction of sp³-hybridized carbons (Fsp3) is 0.471. The summed E-state index contributed by atoms with van der Waals surface area (Å²) < 4.78 is 28.4. The second kappa shape index (κ2) is 10.0. The van der Waals surface area contributed by atoms with Gasteiger partial charge >= 0.3 is 0 Å². The second-order valence-electron chi connectivity index (χ2n) is 6.27. The molecule has 1 atom stereocenters. The van der Waals surface area contributed by atoms with Crippen LogP contribution >= 0.6 is 24.0 Å². The van der Waals surface area contributed by atoms with Crippen LogP contribution in [0.2, 0.25) is 0 Å². The van der Waals surface area contributed by atoms with E-state index in [4.69, 9.17) is 4.74 Å². The highest BCUT2D eigenvalue weighted by Gasteiger charge is 2.28. The number of sulfone groups is 1. The zero-order valence-corrected chi connectivity index (χ0v) is 19.0. The number of guanidine groups is 1. The Morgan fingerprint density at radius 3 is 2.71 bits per heavy atom. The van der Waals surface area contributed by atoms with Crippen LogP contribution in [0.1, 0.15) is 19.2 Å². The Balaban J connectivity index is 0.00000280. The van der Waals surface area contributed by atoms with Gasteiger partial charge in [-0.15, -0.1) is 24.0 Å². The first kappa shape index (κ1) is 22.4. The second-order valence-corrected chi connectivity index (χ2v) is 8.50. The molecule has 2 aromatic rings. The number of aromatic amines is 1. The Kier molecular flexibility index (Phi) is 8.04. The van der Waals surface area contributed by atoms with E-state index in [0.717, 1.165) is 11.3 Å². The largest absolute Gasteiger partial charge is 0.497 e. The first-order valence-corrected chi connectivity index (χ1v) is 10.6. The van der Waals surface area contributed by atoms with Crippen molar-refractivity contribution in [1.82, 2.24) is 25.8 Å². The van der Waals surface area contributed by atoms with E-state index in [2.05, 4.69) is 30.8 Å². The number of hydrogen-bond acceptors (Lipinski definition) is 6. The number of aliphatic imine (C=N–C) groups is 1. The van der Waals surface area contributed by atoms with Crippen molar-refractivity contribution in [1.29, 1.82) is 0 Å². The molecule has 28 heavy (non-hydrogen) atoms. The molecule has 9 nitrogen and oxygen atoms in total.